The van der Waals surface area contributed by atoms with Crippen molar-refractivity contribution in [1.29, 1.82) is 0 Å². The third-order valence-electron chi connectivity index (χ3n) is 4.91. The van der Waals surface area contributed by atoms with Crippen LogP contribution in [-0.2, 0) is 0 Å². The van der Waals surface area contributed by atoms with Crippen LogP contribution in [0.4, 0.5) is 0 Å². The fraction of sp³-hybridized carbons (Fsp3) is 0.348. The highest BCUT2D eigenvalue weighted by molar-refractivity contribution is 8.11. The van der Waals surface area contributed by atoms with E-state index in [-0.39, 0.29) is 0 Å². The van der Waals surface area contributed by atoms with E-state index < -0.39 is 5.97 Å². The van der Waals surface area contributed by atoms with Gasteiger partial charge >= 0.3 is 5.97 Å². The van der Waals surface area contributed by atoms with Crippen molar-refractivity contribution in [3.63, 3.8) is 0 Å². The molecule has 0 aliphatic carbocycles. The van der Waals surface area contributed by atoms with Gasteiger partial charge in [-0.3, -0.25) is 0 Å². The maximum Gasteiger partial charge on any atom is 0.335 e. The summed E-state index contributed by atoms with van der Waals surface area (Å²) in [5, 5.41) is 11.5. The van der Waals surface area contributed by atoms with Crippen molar-refractivity contribution in [2.24, 2.45) is 0 Å². The van der Waals surface area contributed by atoms with E-state index in [4.69, 9.17) is 0 Å². The minimum atomic E-state index is -0.874. The molecule has 2 aromatic rings. The third-order valence-corrected chi connectivity index (χ3v) is 6.32. The van der Waals surface area contributed by atoms with Crippen LogP contribution in [0.3, 0.4) is 0 Å². The van der Waals surface area contributed by atoms with E-state index in [1.54, 1.807) is 6.07 Å². The monoisotopic (exact) mass is 366 g/mol. The number of aromatic carboxylic acids is 1. The Labute approximate surface area is 160 Å². The minimum absolute atomic E-state index is 0.348. The van der Waals surface area contributed by atoms with Gasteiger partial charge in [-0.05, 0) is 66.0 Å². The average molecular weight is 367 g/mol. The number of carbonyl (C=O) groups is 1. The van der Waals surface area contributed by atoms with Crippen molar-refractivity contribution in [2.45, 2.75) is 52.4 Å². The van der Waals surface area contributed by atoms with E-state index in [9.17, 15) is 9.90 Å². The zero-order chi connectivity index (χ0) is 18.5. The Bertz CT molecular complexity index is 877. The van der Waals surface area contributed by atoms with E-state index in [2.05, 4.69) is 38.1 Å². The normalized spacial score (nSPS) is 15.1. The molecule has 26 heavy (non-hydrogen) atoms. The van der Waals surface area contributed by atoms with Crippen LogP contribution in [-0.4, -0.2) is 11.1 Å². The molecule has 1 aliphatic heterocycles. The van der Waals surface area contributed by atoms with Gasteiger partial charge in [0.15, 0.2) is 0 Å². The van der Waals surface area contributed by atoms with Crippen molar-refractivity contribution in [3.05, 3.63) is 64.1 Å². The Morgan fingerprint density at radius 1 is 1.19 bits per heavy atom. The summed E-state index contributed by atoms with van der Waals surface area (Å²) >= 11 is 1.89. The number of allylic oxidation sites excluding steroid dienone is 3. The number of hydrogen-bond acceptors (Lipinski definition) is 2. The number of carboxylic acid groups (broad SMARTS) is 1. The topological polar surface area (TPSA) is 37.3 Å². The SMILES string of the molecule is CCCCCC1=CCCC(C)=C(c2cccc3ccc(C(=O)O)cc23)S1. The molecule has 0 amide bonds. The van der Waals surface area contributed by atoms with Gasteiger partial charge in [-0.15, -0.1) is 0 Å². The Kier molecular flexibility index (Phi) is 6.20. The summed E-state index contributed by atoms with van der Waals surface area (Å²) in [6, 6.07) is 11.7. The molecule has 136 valence electrons. The predicted octanol–water partition coefficient (Wildman–Crippen LogP) is 7.26. The highest BCUT2D eigenvalue weighted by Crippen LogP contribution is 2.44. The molecular weight excluding hydrogens is 340 g/mol. The fourth-order valence-electron chi connectivity index (χ4n) is 3.41. The Balaban J connectivity index is 2.01. The molecule has 3 heteroatoms. The first-order chi connectivity index (χ1) is 12.6. The number of hydrogen-bond donors (Lipinski definition) is 1. The van der Waals surface area contributed by atoms with Gasteiger partial charge in [0, 0.05) is 4.91 Å². The lowest BCUT2D eigenvalue weighted by Gasteiger charge is -2.15. The number of carboxylic acids is 1. The smallest absolute Gasteiger partial charge is 0.335 e. The highest BCUT2D eigenvalue weighted by Gasteiger charge is 2.16. The summed E-state index contributed by atoms with van der Waals surface area (Å²) in [5.41, 5.74) is 2.90. The second-order valence-electron chi connectivity index (χ2n) is 6.92. The van der Waals surface area contributed by atoms with Crippen molar-refractivity contribution in [2.75, 3.05) is 0 Å². The molecule has 0 fully saturated rings. The quantitative estimate of drug-likeness (QED) is 0.547. The molecule has 0 radical (unpaired) electrons. The molecule has 2 aromatic carbocycles. The number of fused-ring (bicyclic) bond motifs is 1. The molecule has 0 atom stereocenters. The van der Waals surface area contributed by atoms with E-state index in [0.29, 0.717) is 5.56 Å². The molecule has 1 heterocycles. The fourth-order valence-corrected chi connectivity index (χ4v) is 4.69. The maximum absolute atomic E-state index is 11.4. The molecular formula is C23H26O2S. The van der Waals surface area contributed by atoms with Crippen LogP contribution in [0, 0.1) is 0 Å². The lowest BCUT2D eigenvalue weighted by atomic mass is 9.99. The first-order valence-electron chi connectivity index (χ1n) is 9.43. The molecule has 0 aromatic heterocycles. The number of benzene rings is 2. The molecule has 1 aliphatic rings. The second kappa shape index (κ2) is 8.59. The van der Waals surface area contributed by atoms with Gasteiger partial charge in [0.25, 0.3) is 0 Å². The molecule has 0 saturated heterocycles. The Morgan fingerprint density at radius 2 is 2.04 bits per heavy atom. The number of rotatable bonds is 6. The van der Waals surface area contributed by atoms with Crippen molar-refractivity contribution in [1.82, 2.24) is 0 Å². The van der Waals surface area contributed by atoms with E-state index >= 15 is 0 Å². The summed E-state index contributed by atoms with van der Waals surface area (Å²) in [4.78, 5) is 14.2. The van der Waals surface area contributed by atoms with Crippen LogP contribution < -0.4 is 0 Å². The summed E-state index contributed by atoms with van der Waals surface area (Å²) in [7, 11) is 0. The molecule has 0 unspecified atom stereocenters. The highest BCUT2D eigenvalue weighted by atomic mass is 32.2. The third kappa shape index (κ3) is 4.21. The van der Waals surface area contributed by atoms with E-state index in [1.807, 2.05) is 23.9 Å². The summed E-state index contributed by atoms with van der Waals surface area (Å²) < 4.78 is 0. The standard InChI is InChI=1S/C23H26O2S/c1-3-4-5-10-19-11-6-8-16(2)22(26-19)20-12-7-9-17-13-14-18(23(24)25)15-21(17)20/h7,9,11-15H,3-6,8,10H2,1-2H3,(H,24,25). The average Bonchev–Trinajstić information content (AvgIpc) is 2.82. The van der Waals surface area contributed by atoms with Gasteiger partial charge in [0.1, 0.15) is 0 Å². The first-order valence-corrected chi connectivity index (χ1v) is 10.2. The van der Waals surface area contributed by atoms with Crippen LogP contribution in [0.5, 0.6) is 0 Å². The van der Waals surface area contributed by atoms with Crippen LogP contribution in [0.2, 0.25) is 0 Å². The summed E-state index contributed by atoms with van der Waals surface area (Å²) in [6.45, 7) is 4.45. The van der Waals surface area contributed by atoms with Crippen LogP contribution in [0.25, 0.3) is 15.7 Å². The first kappa shape index (κ1) is 18.8. The second-order valence-corrected chi connectivity index (χ2v) is 8.06. The van der Waals surface area contributed by atoms with Crippen LogP contribution in [0.15, 0.2) is 53.0 Å². The van der Waals surface area contributed by atoms with E-state index in [1.165, 1.54) is 34.6 Å². The van der Waals surface area contributed by atoms with Crippen molar-refractivity contribution < 1.29 is 9.90 Å². The predicted molar refractivity (Wildman–Crippen MR) is 113 cm³/mol. The molecule has 2 nitrogen and oxygen atoms in total. The molecule has 1 N–H and O–H groups in total. The van der Waals surface area contributed by atoms with Crippen LogP contribution >= 0.6 is 11.8 Å². The molecule has 0 saturated carbocycles. The Hall–Kier alpha value is -2.00. The number of unbranched alkanes of at least 4 members (excludes halogenated alkanes) is 2. The van der Waals surface area contributed by atoms with E-state index in [0.717, 1.165) is 35.6 Å². The molecule has 0 spiro atoms. The largest absolute Gasteiger partial charge is 0.478 e. The van der Waals surface area contributed by atoms with Gasteiger partial charge < -0.3 is 5.11 Å². The molecule has 3 rings (SSSR count). The maximum atomic E-state index is 11.4. The summed E-state index contributed by atoms with van der Waals surface area (Å²) in [5.74, 6) is -0.874. The lowest BCUT2D eigenvalue weighted by molar-refractivity contribution is 0.0697. The van der Waals surface area contributed by atoms with Crippen molar-refractivity contribution >= 4 is 33.4 Å². The van der Waals surface area contributed by atoms with Gasteiger partial charge in [0.2, 0.25) is 0 Å². The minimum Gasteiger partial charge on any atom is -0.478 e. The zero-order valence-electron chi connectivity index (χ0n) is 15.5. The van der Waals surface area contributed by atoms with Gasteiger partial charge in [-0.1, -0.05) is 67.4 Å². The van der Waals surface area contributed by atoms with Gasteiger partial charge in [-0.25, -0.2) is 4.79 Å². The number of thioether (sulfide) groups is 1. The lowest BCUT2D eigenvalue weighted by Crippen LogP contribution is -1.96. The zero-order valence-corrected chi connectivity index (χ0v) is 16.4. The Morgan fingerprint density at radius 3 is 2.81 bits per heavy atom. The van der Waals surface area contributed by atoms with Gasteiger partial charge in [0.05, 0.1) is 5.56 Å². The summed E-state index contributed by atoms with van der Waals surface area (Å²) in [6.07, 6.45) is 9.43. The van der Waals surface area contributed by atoms with Gasteiger partial charge in [-0.2, -0.15) is 0 Å². The molecule has 0 bridgehead atoms. The van der Waals surface area contributed by atoms with Crippen molar-refractivity contribution in [3.8, 4) is 0 Å². The van der Waals surface area contributed by atoms with Crippen LogP contribution in [0.1, 0.15) is 68.3 Å².